The number of Topliss-reactive ketones (excluding diaryl/α,β-unsaturated/α-hetero) is 1. The third-order valence-corrected chi connectivity index (χ3v) is 1.88. The topological polar surface area (TPSA) is 17.1 Å². The minimum Gasteiger partial charge on any atom is -0.299 e. The zero-order chi connectivity index (χ0) is 11.0. The number of rotatable bonds is 4. The molecule has 0 aromatic heterocycles. The second-order valence-electron chi connectivity index (χ2n) is 4.09. The van der Waals surface area contributed by atoms with Gasteiger partial charge < -0.3 is 0 Å². The number of carbonyl (C=O) groups excluding carboxylic acids is 1. The van der Waals surface area contributed by atoms with Crippen molar-refractivity contribution in [3.8, 4) is 0 Å². The van der Waals surface area contributed by atoms with Crippen LogP contribution in [0.3, 0.4) is 0 Å². The van der Waals surface area contributed by atoms with Crippen LogP contribution in [0.5, 0.6) is 0 Å². The van der Waals surface area contributed by atoms with Gasteiger partial charge in [0.05, 0.1) is 0 Å². The highest BCUT2D eigenvalue weighted by atomic mass is 16.1. The first kappa shape index (κ1) is 15.2. The molecule has 0 rings (SSSR count). The summed E-state index contributed by atoms with van der Waals surface area (Å²) in [7, 11) is 0. The molecule has 0 fully saturated rings. The van der Waals surface area contributed by atoms with E-state index in [4.69, 9.17) is 0 Å². The van der Waals surface area contributed by atoms with Gasteiger partial charge in [0.25, 0.3) is 0 Å². The van der Waals surface area contributed by atoms with E-state index in [1.54, 1.807) is 0 Å². The van der Waals surface area contributed by atoms with Crippen molar-refractivity contribution in [3.05, 3.63) is 0 Å². The van der Waals surface area contributed by atoms with Crippen LogP contribution in [-0.4, -0.2) is 5.78 Å². The Morgan fingerprint density at radius 2 is 1.38 bits per heavy atom. The van der Waals surface area contributed by atoms with Gasteiger partial charge in [-0.2, -0.15) is 0 Å². The number of hydrogen-bond donors (Lipinski definition) is 0. The van der Waals surface area contributed by atoms with E-state index in [-0.39, 0.29) is 11.8 Å². The van der Waals surface area contributed by atoms with Gasteiger partial charge in [-0.05, 0) is 12.3 Å². The van der Waals surface area contributed by atoms with E-state index in [1.165, 1.54) is 0 Å². The molecule has 0 saturated heterocycles. The first-order valence-corrected chi connectivity index (χ1v) is 5.48. The summed E-state index contributed by atoms with van der Waals surface area (Å²) in [5.41, 5.74) is 0. The van der Waals surface area contributed by atoms with Crippen LogP contribution in [0.15, 0.2) is 0 Å². The van der Waals surface area contributed by atoms with E-state index in [9.17, 15) is 4.79 Å². The van der Waals surface area contributed by atoms with Gasteiger partial charge in [0.1, 0.15) is 5.78 Å². The minimum atomic E-state index is 0.198. The van der Waals surface area contributed by atoms with E-state index >= 15 is 0 Å². The standard InChI is InChI=1S/C10H20O.C2H6/c1-7(2)6-9(5)10(11)8(3)4;1-2/h7-9H,6H2,1-5H3;1-2H3. The van der Waals surface area contributed by atoms with Crippen LogP contribution in [0.4, 0.5) is 0 Å². The average Bonchev–Trinajstić information content (AvgIpc) is 2.05. The molecule has 1 heteroatoms. The number of ketones is 1. The highest BCUT2D eigenvalue weighted by Crippen LogP contribution is 2.15. The third-order valence-electron chi connectivity index (χ3n) is 1.88. The second-order valence-corrected chi connectivity index (χ2v) is 4.09. The first-order chi connectivity index (χ1) is 5.95. The molecule has 0 aromatic carbocycles. The average molecular weight is 186 g/mol. The van der Waals surface area contributed by atoms with Crippen LogP contribution in [-0.2, 0) is 4.79 Å². The van der Waals surface area contributed by atoms with Crippen molar-refractivity contribution in [1.29, 1.82) is 0 Å². The fraction of sp³-hybridized carbons (Fsp3) is 0.917. The molecule has 0 heterocycles. The van der Waals surface area contributed by atoms with Gasteiger partial charge in [0.2, 0.25) is 0 Å². The molecule has 0 radical (unpaired) electrons. The molecule has 1 nitrogen and oxygen atoms in total. The lowest BCUT2D eigenvalue weighted by atomic mass is 9.90. The maximum Gasteiger partial charge on any atom is 0.138 e. The fourth-order valence-corrected chi connectivity index (χ4v) is 1.39. The van der Waals surface area contributed by atoms with Gasteiger partial charge in [-0.3, -0.25) is 4.79 Å². The Kier molecular flexibility index (Phi) is 9.65. The van der Waals surface area contributed by atoms with E-state index in [0.717, 1.165) is 6.42 Å². The summed E-state index contributed by atoms with van der Waals surface area (Å²) in [5.74, 6) is 1.48. The summed E-state index contributed by atoms with van der Waals surface area (Å²) < 4.78 is 0. The lowest BCUT2D eigenvalue weighted by Gasteiger charge is -2.14. The van der Waals surface area contributed by atoms with Crippen LogP contribution in [0.25, 0.3) is 0 Å². The van der Waals surface area contributed by atoms with Crippen molar-refractivity contribution in [2.24, 2.45) is 17.8 Å². The van der Waals surface area contributed by atoms with E-state index < -0.39 is 0 Å². The van der Waals surface area contributed by atoms with Crippen molar-refractivity contribution in [1.82, 2.24) is 0 Å². The van der Waals surface area contributed by atoms with Crippen molar-refractivity contribution in [2.75, 3.05) is 0 Å². The largest absolute Gasteiger partial charge is 0.299 e. The van der Waals surface area contributed by atoms with Gasteiger partial charge in [0.15, 0.2) is 0 Å². The van der Waals surface area contributed by atoms with Crippen molar-refractivity contribution < 1.29 is 4.79 Å². The Bertz CT molecular complexity index is 125. The maximum atomic E-state index is 11.4. The van der Waals surface area contributed by atoms with Gasteiger partial charge in [-0.25, -0.2) is 0 Å². The molecule has 80 valence electrons. The SMILES string of the molecule is CC.CC(C)CC(C)C(=O)C(C)C. The smallest absolute Gasteiger partial charge is 0.138 e. The highest BCUT2D eigenvalue weighted by Gasteiger charge is 2.16. The molecular formula is C12H26O. The monoisotopic (exact) mass is 186 g/mol. The normalized spacial score (nSPS) is 12.4. The molecule has 0 N–H and O–H groups in total. The van der Waals surface area contributed by atoms with Crippen molar-refractivity contribution >= 4 is 5.78 Å². The zero-order valence-electron chi connectivity index (χ0n) is 10.3. The van der Waals surface area contributed by atoms with Crippen LogP contribution in [0, 0.1) is 17.8 Å². The Morgan fingerprint density at radius 3 is 1.62 bits per heavy atom. The summed E-state index contributed by atoms with van der Waals surface area (Å²) in [4.78, 5) is 11.4. The molecule has 0 aliphatic carbocycles. The molecule has 0 aromatic rings. The molecule has 0 aliphatic heterocycles. The van der Waals surface area contributed by atoms with Crippen LogP contribution in [0.2, 0.25) is 0 Å². The number of carbonyl (C=O) groups is 1. The van der Waals surface area contributed by atoms with Crippen molar-refractivity contribution in [3.63, 3.8) is 0 Å². The predicted octanol–water partition coefficient (Wildman–Crippen LogP) is 3.92. The Labute approximate surface area is 83.9 Å². The molecule has 0 amide bonds. The van der Waals surface area contributed by atoms with E-state index in [1.807, 2.05) is 34.6 Å². The first-order valence-electron chi connectivity index (χ1n) is 5.48. The van der Waals surface area contributed by atoms with E-state index in [0.29, 0.717) is 11.7 Å². The highest BCUT2D eigenvalue weighted by molar-refractivity contribution is 5.82. The quantitative estimate of drug-likeness (QED) is 0.650. The molecule has 0 bridgehead atoms. The molecular weight excluding hydrogens is 160 g/mol. The Hall–Kier alpha value is -0.330. The molecule has 13 heavy (non-hydrogen) atoms. The third kappa shape index (κ3) is 8.01. The predicted molar refractivity (Wildman–Crippen MR) is 59.8 cm³/mol. The molecule has 0 aliphatic rings. The maximum absolute atomic E-state index is 11.4. The van der Waals surface area contributed by atoms with Gasteiger partial charge in [0, 0.05) is 11.8 Å². The van der Waals surface area contributed by atoms with E-state index in [2.05, 4.69) is 13.8 Å². The Morgan fingerprint density at radius 1 is 1.00 bits per heavy atom. The van der Waals surface area contributed by atoms with Crippen LogP contribution < -0.4 is 0 Å². The fourth-order valence-electron chi connectivity index (χ4n) is 1.39. The summed E-state index contributed by atoms with van der Waals surface area (Å²) in [6.45, 7) is 14.3. The van der Waals surface area contributed by atoms with Crippen LogP contribution >= 0.6 is 0 Å². The van der Waals surface area contributed by atoms with Gasteiger partial charge in [-0.15, -0.1) is 0 Å². The summed E-state index contributed by atoms with van der Waals surface area (Å²) in [6.07, 6.45) is 1.02. The lowest BCUT2D eigenvalue weighted by Crippen LogP contribution is -2.18. The molecule has 1 atom stereocenters. The van der Waals surface area contributed by atoms with Crippen molar-refractivity contribution in [2.45, 2.75) is 54.9 Å². The summed E-state index contributed by atoms with van der Waals surface area (Å²) in [5, 5.41) is 0. The molecule has 0 spiro atoms. The van der Waals surface area contributed by atoms with Crippen LogP contribution in [0.1, 0.15) is 54.9 Å². The van der Waals surface area contributed by atoms with Gasteiger partial charge >= 0.3 is 0 Å². The van der Waals surface area contributed by atoms with Gasteiger partial charge in [-0.1, -0.05) is 48.5 Å². The number of hydrogen-bond acceptors (Lipinski definition) is 1. The molecule has 0 saturated carbocycles. The zero-order valence-corrected chi connectivity index (χ0v) is 10.3. The minimum absolute atomic E-state index is 0.198. The summed E-state index contributed by atoms with van der Waals surface area (Å²) in [6, 6.07) is 0. The Balaban J connectivity index is 0. The summed E-state index contributed by atoms with van der Waals surface area (Å²) >= 11 is 0. The molecule has 1 unspecified atom stereocenters. The lowest BCUT2D eigenvalue weighted by molar-refractivity contribution is -0.125. The second kappa shape index (κ2) is 8.28.